The summed E-state index contributed by atoms with van der Waals surface area (Å²) in [5.74, 6) is 1.51. The number of hydrogen-bond donors (Lipinski definition) is 2. The minimum Gasteiger partial charge on any atom is -0.489 e. The fourth-order valence-corrected chi connectivity index (χ4v) is 5.12. The number of rotatable bonds is 7. The molecule has 0 aliphatic heterocycles. The Morgan fingerprint density at radius 3 is 2.45 bits per heavy atom. The molecular weight excluding hydrogens is 404 g/mol. The highest BCUT2D eigenvalue weighted by Crippen LogP contribution is 2.36. The molecule has 1 aliphatic carbocycles. The van der Waals surface area contributed by atoms with Crippen molar-refractivity contribution in [2.75, 3.05) is 5.73 Å². The Balaban J connectivity index is 1.17. The molecule has 0 spiro atoms. The van der Waals surface area contributed by atoms with Gasteiger partial charge in [-0.05, 0) is 83.8 Å². The lowest BCUT2D eigenvalue weighted by Gasteiger charge is -2.21. The molecule has 1 fully saturated rings. The van der Waals surface area contributed by atoms with Gasteiger partial charge in [-0.1, -0.05) is 66.7 Å². The van der Waals surface area contributed by atoms with Crippen molar-refractivity contribution in [3.05, 3.63) is 108 Å². The van der Waals surface area contributed by atoms with Crippen LogP contribution in [0.3, 0.4) is 0 Å². The van der Waals surface area contributed by atoms with Gasteiger partial charge in [0, 0.05) is 17.8 Å². The van der Waals surface area contributed by atoms with Crippen molar-refractivity contribution < 1.29 is 4.74 Å². The third-order valence-corrected chi connectivity index (χ3v) is 6.94. The van der Waals surface area contributed by atoms with E-state index in [2.05, 4.69) is 79.0 Å². The van der Waals surface area contributed by atoms with E-state index >= 15 is 0 Å². The largest absolute Gasteiger partial charge is 0.489 e. The second-order valence-electron chi connectivity index (χ2n) is 9.26. The van der Waals surface area contributed by atoms with E-state index in [1.54, 1.807) is 0 Å². The van der Waals surface area contributed by atoms with Crippen LogP contribution in [0, 0.1) is 0 Å². The van der Waals surface area contributed by atoms with Gasteiger partial charge in [0.05, 0.1) is 0 Å². The van der Waals surface area contributed by atoms with E-state index in [4.69, 9.17) is 10.5 Å². The van der Waals surface area contributed by atoms with Crippen LogP contribution < -0.4 is 15.8 Å². The molecule has 3 N–H and O–H groups in total. The first-order valence-electron chi connectivity index (χ1n) is 12.0. The maximum Gasteiger partial charge on any atom is 0.119 e. The van der Waals surface area contributed by atoms with Gasteiger partial charge in [-0.15, -0.1) is 0 Å². The average molecular weight is 437 g/mol. The van der Waals surface area contributed by atoms with E-state index in [-0.39, 0.29) is 0 Å². The third-order valence-electron chi connectivity index (χ3n) is 6.94. The molecule has 168 valence electrons. The Bertz CT molecular complexity index is 1190. The minimum atomic E-state index is 0.337. The van der Waals surface area contributed by atoms with Crippen molar-refractivity contribution in [1.29, 1.82) is 0 Å². The van der Waals surface area contributed by atoms with E-state index in [0.29, 0.717) is 24.6 Å². The lowest BCUT2D eigenvalue weighted by Crippen LogP contribution is -2.29. The Labute approximate surface area is 196 Å². The molecule has 3 nitrogen and oxygen atoms in total. The van der Waals surface area contributed by atoms with Crippen molar-refractivity contribution in [3.8, 4) is 5.75 Å². The highest BCUT2D eigenvalue weighted by atomic mass is 16.5. The van der Waals surface area contributed by atoms with Gasteiger partial charge >= 0.3 is 0 Å². The van der Waals surface area contributed by atoms with E-state index in [1.807, 2.05) is 24.3 Å². The molecule has 33 heavy (non-hydrogen) atoms. The fourth-order valence-electron chi connectivity index (χ4n) is 5.12. The first-order valence-corrected chi connectivity index (χ1v) is 12.0. The number of hydrogen-bond acceptors (Lipinski definition) is 3. The van der Waals surface area contributed by atoms with Gasteiger partial charge in [-0.3, -0.25) is 0 Å². The van der Waals surface area contributed by atoms with E-state index < -0.39 is 0 Å². The maximum absolute atomic E-state index is 5.95. The molecule has 0 bridgehead atoms. The van der Waals surface area contributed by atoms with Crippen molar-refractivity contribution >= 4 is 16.5 Å². The van der Waals surface area contributed by atoms with Crippen molar-refractivity contribution in [2.24, 2.45) is 0 Å². The maximum atomic E-state index is 5.95. The predicted octanol–water partition coefficient (Wildman–Crippen LogP) is 6.99. The first-order chi connectivity index (χ1) is 16.2. The number of benzene rings is 4. The number of fused-ring (bicyclic) bond motifs is 1. The van der Waals surface area contributed by atoms with Gasteiger partial charge in [0.15, 0.2) is 0 Å². The molecule has 0 radical (unpaired) electrons. The van der Waals surface area contributed by atoms with Crippen LogP contribution in [0.4, 0.5) is 5.69 Å². The molecule has 0 unspecified atom stereocenters. The summed E-state index contributed by atoms with van der Waals surface area (Å²) in [5.41, 5.74) is 10.5. The standard InChI is InChI=1S/C30H32N2O/c1-21(29-8-4-6-24-5-2-3-7-30(24)29)32-27-16-11-25(19-27)23-12-17-28(18-13-23)33-20-22-9-14-26(31)15-10-22/h2-10,12-15,17-18,21,25,27,32H,11,16,19-20,31H2,1H3/t21-,25-,27+/m1/s1. The van der Waals surface area contributed by atoms with Crippen molar-refractivity contribution in [2.45, 2.75) is 50.8 Å². The third kappa shape index (κ3) is 5.04. The Morgan fingerprint density at radius 1 is 0.879 bits per heavy atom. The van der Waals surface area contributed by atoms with Gasteiger partial charge < -0.3 is 15.8 Å². The summed E-state index contributed by atoms with van der Waals surface area (Å²) in [4.78, 5) is 0. The molecule has 4 aromatic rings. The molecule has 3 atom stereocenters. The van der Waals surface area contributed by atoms with Crippen molar-refractivity contribution in [1.82, 2.24) is 5.32 Å². The van der Waals surface area contributed by atoms with Crippen LogP contribution >= 0.6 is 0 Å². The quantitative estimate of drug-likeness (QED) is 0.307. The van der Waals surface area contributed by atoms with Crippen LogP contribution in [0.5, 0.6) is 5.75 Å². The van der Waals surface area contributed by atoms with Crippen LogP contribution in [0.2, 0.25) is 0 Å². The summed E-state index contributed by atoms with van der Waals surface area (Å²) in [5, 5.41) is 6.57. The van der Waals surface area contributed by atoms with Gasteiger partial charge in [-0.2, -0.15) is 0 Å². The fraction of sp³-hybridized carbons (Fsp3) is 0.267. The Hall–Kier alpha value is -3.30. The lowest BCUT2D eigenvalue weighted by atomic mass is 9.96. The molecule has 0 aromatic heterocycles. The molecule has 1 aliphatic rings. The van der Waals surface area contributed by atoms with Crippen LogP contribution in [0.1, 0.15) is 54.8 Å². The zero-order chi connectivity index (χ0) is 22.6. The number of nitrogens with one attached hydrogen (secondary N) is 1. The molecule has 4 aromatic carbocycles. The molecule has 0 saturated heterocycles. The summed E-state index contributed by atoms with van der Waals surface area (Å²) in [6, 6.07) is 32.7. The second kappa shape index (κ2) is 9.68. The van der Waals surface area contributed by atoms with Crippen LogP contribution in [0.25, 0.3) is 10.8 Å². The summed E-state index contributed by atoms with van der Waals surface area (Å²) in [6.07, 6.45) is 3.63. The van der Waals surface area contributed by atoms with E-state index in [9.17, 15) is 0 Å². The molecule has 5 rings (SSSR count). The van der Waals surface area contributed by atoms with Gasteiger partial charge in [0.2, 0.25) is 0 Å². The summed E-state index contributed by atoms with van der Waals surface area (Å²) < 4.78 is 5.95. The summed E-state index contributed by atoms with van der Waals surface area (Å²) >= 11 is 0. The predicted molar refractivity (Wildman–Crippen MR) is 138 cm³/mol. The Kier molecular flexibility index (Phi) is 6.32. The zero-order valence-corrected chi connectivity index (χ0v) is 19.2. The summed E-state index contributed by atoms with van der Waals surface area (Å²) in [6.45, 7) is 2.85. The average Bonchev–Trinajstić information content (AvgIpc) is 3.32. The number of anilines is 1. The lowest BCUT2D eigenvalue weighted by molar-refractivity contribution is 0.306. The molecule has 0 amide bonds. The van der Waals surface area contributed by atoms with Gasteiger partial charge in [0.1, 0.15) is 12.4 Å². The molecule has 3 heteroatoms. The number of ether oxygens (including phenoxy) is 1. The molecular formula is C30H32N2O. The molecule has 0 heterocycles. The van der Waals surface area contributed by atoms with Crippen LogP contribution in [0.15, 0.2) is 91.0 Å². The normalized spacial score (nSPS) is 18.9. The minimum absolute atomic E-state index is 0.337. The monoisotopic (exact) mass is 436 g/mol. The summed E-state index contributed by atoms with van der Waals surface area (Å²) in [7, 11) is 0. The smallest absolute Gasteiger partial charge is 0.119 e. The SMILES string of the molecule is C[C@@H](N[C@H]1CC[C@@H](c2ccc(OCc3ccc(N)cc3)cc2)C1)c1cccc2ccccc12. The highest BCUT2D eigenvalue weighted by Gasteiger charge is 2.27. The topological polar surface area (TPSA) is 47.3 Å². The second-order valence-corrected chi connectivity index (χ2v) is 9.26. The highest BCUT2D eigenvalue weighted by molar-refractivity contribution is 5.86. The Morgan fingerprint density at radius 2 is 1.64 bits per heavy atom. The number of nitrogen functional groups attached to an aromatic ring is 1. The van der Waals surface area contributed by atoms with E-state index in [0.717, 1.165) is 17.0 Å². The van der Waals surface area contributed by atoms with Crippen LogP contribution in [-0.4, -0.2) is 6.04 Å². The molecule has 1 saturated carbocycles. The first kappa shape index (κ1) is 21.5. The van der Waals surface area contributed by atoms with Gasteiger partial charge in [0.25, 0.3) is 0 Å². The van der Waals surface area contributed by atoms with Crippen LogP contribution in [-0.2, 0) is 6.61 Å². The van der Waals surface area contributed by atoms with Gasteiger partial charge in [-0.25, -0.2) is 0 Å². The zero-order valence-electron chi connectivity index (χ0n) is 19.2. The van der Waals surface area contributed by atoms with E-state index in [1.165, 1.54) is 41.2 Å². The number of nitrogens with two attached hydrogens (primary N) is 1. The van der Waals surface area contributed by atoms with Crippen molar-refractivity contribution in [3.63, 3.8) is 0 Å².